The van der Waals surface area contributed by atoms with Crippen LogP contribution in [0, 0.1) is 12.7 Å². The summed E-state index contributed by atoms with van der Waals surface area (Å²) in [5.41, 5.74) is 4.90. The molecule has 1 unspecified atom stereocenters. The maximum Gasteiger partial charge on any atom is 0.232 e. The monoisotopic (exact) mass is 491 g/mol. The molecule has 9 heteroatoms. The fraction of sp³-hybridized carbons (Fsp3) is 0.192. The van der Waals surface area contributed by atoms with Crippen molar-refractivity contribution in [2.45, 2.75) is 19.6 Å². The quantitative estimate of drug-likeness (QED) is 0.347. The number of benzene rings is 3. The number of ether oxygens (including phenoxy) is 2. The molecule has 5 aromatic rings. The van der Waals surface area contributed by atoms with Gasteiger partial charge in [0.1, 0.15) is 22.7 Å². The van der Waals surface area contributed by atoms with E-state index >= 15 is 0 Å². The SMILES string of the molecule is COc1cc(C(O)c2cc(F)cc(CO)c2)c2nc(-c3cc(C)cc4nc(OC)cnc34)sc2c1. The number of nitrogens with zero attached hydrogens (tertiary/aromatic N) is 3. The Morgan fingerprint density at radius 2 is 1.83 bits per heavy atom. The lowest BCUT2D eigenvalue weighted by atomic mass is 9.98. The zero-order valence-corrected chi connectivity index (χ0v) is 20.1. The first-order chi connectivity index (χ1) is 16.9. The summed E-state index contributed by atoms with van der Waals surface area (Å²) in [4.78, 5) is 13.9. The summed E-state index contributed by atoms with van der Waals surface area (Å²) in [6.45, 7) is 1.64. The Bertz CT molecular complexity index is 1570. The van der Waals surface area contributed by atoms with Crippen molar-refractivity contribution in [1.82, 2.24) is 15.0 Å². The number of halogens is 1. The summed E-state index contributed by atoms with van der Waals surface area (Å²) in [5, 5.41) is 21.4. The van der Waals surface area contributed by atoms with E-state index in [1.54, 1.807) is 32.5 Å². The van der Waals surface area contributed by atoms with Gasteiger partial charge >= 0.3 is 0 Å². The van der Waals surface area contributed by atoms with E-state index < -0.39 is 11.9 Å². The number of thiazole rings is 1. The fourth-order valence-corrected chi connectivity index (χ4v) is 5.13. The maximum atomic E-state index is 14.1. The van der Waals surface area contributed by atoms with E-state index in [-0.39, 0.29) is 6.61 Å². The molecule has 1 atom stereocenters. The standard InChI is InChI=1S/C26H22FN3O4S/c1-13-4-19(23-20(5-13)29-22(34-3)11-28-23)26-30-24-18(9-17(33-2)10-21(24)35-26)25(32)15-6-14(12-31)7-16(27)8-15/h4-11,25,31-32H,12H2,1-3H3. The number of hydrogen-bond donors (Lipinski definition) is 2. The van der Waals surface area contributed by atoms with Crippen LogP contribution in [0.4, 0.5) is 4.39 Å². The molecule has 0 radical (unpaired) electrons. The number of fused-ring (bicyclic) bond motifs is 2. The summed E-state index contributed by atoms with van der Waals surface area (Å²) in [6.07, 6.45) is 0.386. The first kappa shape index (κ1) is 23.1. The molecule has 0 spiro atoms. The molecule has 178 valence electrons. The van der Waals surface area contributed by atoms with Crippen molar-refractivity contribution in [3.63, 3.8) is 0 Å². The molecule has 2 N–H and O–H groups in total. The molecule has 3 aromatic carbocycles. The predicted molar refractivity (Wildman–Crippen MR) is 132 cm³/mol. The van der Waals surface area contributed by atoms with Gasteiger partial charge in [0.15, 0.2) is 0 Å². The summed E-state index contributed by atoms with van der Waals surface area (Å²) < 4.78 is 25.6. The molecule has 2 heterocycles. The van der Waals surface area contributed by atoms with Crippen molar-refractivity contribution in [3.8, 4) is 22.2 Å². The molecule has 0 aliphatic rings. The highest BCUT2D eigenvalue weighted by Gasteiger charge is 2.21. The molecule has 0 aliphatic carbocycles. The van der Waals surface area contributed by atoms with Gasteiger partial charge in [0.05, 0.1) is 48.3 Å². The lowest BCUT2D eigenvalue weighted by molar-refractivity contribution is 0.220. The normalized spacial score (nSPS) is 12.3. The minimum absolute atomic E-state index is 0.317. The van der Waals surface area contributed by atoms with Gasteiger partial charge in [-0.1, -0.05) is 6.07 Å². The Hall–Kier alpha value is -3.66. The van der Waals surface area contributed by atoms with Crippen LogP contribution >= 0.6 is 11.3 Å². The van der Waals surface area contributed by atoms with E-state index in [1.165, 1.54) is 23.5 Å². The van der Waals surface area contributed by atoms with Crippen molar-refractivity contribution < 1.29 is 24.1 Å². The molecule has 2 aromatic heterocycles. The van der Waals surface area contributed by atoms with Gasteiger partial charge in [-0.15, -0.1) is 11.3 Å². The molecule has 5 rings (SSSR count). The van der Waals surface area contributed by atoms with Crippen molar-refractivity contribution in [1.29, 1.82) is 0 Å². The number of methoxy groups -OCH3 is 2. The van der Waals surface area contributed by atoms with Crippen LogP contribution in [0.2, 0.25) is 0 Å². The lowest BCUT2D eigenvalue weighted by Crippen LogP contribution is -2.03. The summed E-state index contributed by atoms with van der Waals surface area (Å²) in [5.74, 6) is 0.425. The number of aliphatic hydroxyl groups excluding tert-OH is 2. The van der Waals surface area contributed by atoms with Crippen LogP contribution in [0.1, 0.15) is 28.4 Å². The van der Waals surface area contributed by atoms with Crippen molar-refractivity contribution in [2.75, 3.05) is 14.2 Å². The molecule has 35 heavy (non-hydrogen) atoms. The fourth-order valence-electron chi connectivity index (χ4n) is 4.08. The average molecular weight is 492 g/mol. The van der Waals surface area contributed by atoms with Gasteiger partial charge in [-0.05, 0) is 60.0 Å². The second-order valence-electron chi connectivity index (χ2n) is 8.13. The highest BCUT2D eigenvalue weighted by atomic mass is 32.1. The Labute approximate surface area is 204 Å². The summed E-state index contributed by atoms with van der Waals surface area (Å²) >= 11 is 1.44. The Kier molecular flexibility index (Phi) is 6.06. The maximum absolute atomic E-state index is 14.1. The molecule has 7 nitrogen and oxygen atoms in total. The zero-order valence-electron chi connectivity index (χ0n) is 19.2. The van der Waals surface area contributed by atoms with E-state index in [0.717, 1.165) is 15.8 Å². The van der Waals surface area contributed by atoms with Crippen LogP contribution in [-0.4, -0.2) is 39.4 Å². The van der Waals surface area contributed by atoms with E-state index in [2.05, 4.69) is 9.97 Å². The van der Waals surface area contributed by atoms with Crippen molar-refractivity contribution >= 4 is 32.6 Å². The highest BCUT2D eigenvalue weighted by Crippen LogP contribution is 2.40. The van der Waals surface area contributed by atoms with Crippen LogP contribution in [0.5, 0.6) is 11.6 Å². The van der Waals surface area contributed by atoms with E-state index in [1.807, 2.05) is 25.1 Å². The second kappa shape index (κ2) is 9.18. The van der Waals surface area contributed by atoms with Gasteiger partial charge in [0.2, 0.25) is 5.88 Å². The molecule has 0 bridgehead atoms. The number of aromatic nitrogens is 3. The van der Waals surface area contributed by atoms with Gasteiger partial charge in [0.25, 0.3) is 0 Å². The smallest absolute Gasteiger partial charge is 0.232 e. The number of hydrogen-bond acceptors (Lipinski definition) is 8. The van der Waals surface area contributed by atoms with E-state index in [0.29, 0.717) is 49.9 Å². The zero-order chi connectivity index (χ0) is 24.7. The molecule has 0 amide bonds. The Morgan fingerprint density at radius 3 is 2.57 bits per heavy atom. The average Bonchev–Trinajstić information content (AvgIpc) is 3.30. The Balaban J connectivity index is 1.70. The minimum Gasteiger partial charge on any atom is -0.497 e. The van der Waals surface area contributed by atoms with Crippen LogP contribution in [0.25, 0.3) is 31.8 Å². The van der Waals surface area contributed by atoms with Gasteiger partial charge in [-0.2, -0.15) is 0 Å². The van der Waals surface area contributed by atoms with E-state index in [9.17, 15) is 14.6 Å². The second-order valence-corrected chi connectivity index (χ2v) is 9.16. The van der Waals surface area contributed by atoms with Gasteiger partial charge in [-0.25, -0.2) is 19.3 Å². The third kappa shape index (κ3) is 4.29. The molecular formula is C26H22FN3O4S. The number of rotatable bonds is 6. The number of aryl methyl sites for hydroxylation is 1. The lowest BCUT2D eigenvalue weighted by Gasteiger charge is -2.15. The van der Waals surface area contributed by atoms with Gasteiger partial charge in [-0.3, -0.25) is 0 Å². The molecule has 0 saturated carbocycles. The van der Waals surface area contributed by atoms with Crippen LogP contribution in [-0.2, 0) is 6.61 Å². The van der Waals surface area contributed by atoms with Crippen molar-refractivity contribution in [2.24, 2.45) is 0 Å². The largest absolute Gasteiger partial charge is 0.497 e. The topological polar surface area (TPSA) is 97.6 Å². The van der Waals surface area contributed by atoms with Crippen molar-refractivity contribution in [3.05, 3.63) is 76.7 Å². The molecule has 0 aliphatic heterocycles. The summed E-state index contributed by atoms with van der Waals surface area (Å²) in [7, 11) is 3.09. The molecule has 0 saturated heterocycles. The highest BCUT2D eigenvalue weighted by molar-refractivity contribution is 7.21. The molecule has 0 fully saturated rings. The first-order valence-electron chi connectivity index (χ1n) is 10.8. The number of aliphatic hydroxyl groups is 2. The van der Waals surface area contributed by atoms with Crippen LogP contribution in [0.15, 0.2) is 48.7 Å². The Morgan fingerprint density at radius 1 is 1.00 bits per heavy atom. The first-order valence-corrected chi connectivity index (χ1v) is 11.6. The minimum atomic E-state index is -1.18. The predicted octanol–water partition coefficient (Wildman–Crippen LogP) is 4.95. The molecular weight excluding hydrogens is 469 g/mol. The van der Waals surface area contributed by atoms with Gasteiger partial charge in [0, 0.05) is 11.1 Å². The third-order valence-corrected chi connectivity index (χ3v) is 6.75. The van der Waals surface area contributed by atoms with E-state index in [4.69, 9.17) is 14.5 Å². The van der Waals surface area contributed by atoms with Crippen LogP contribution < -0.4 is 9.47 Å². The van der Waals surface area contributed by atoms with Gasteiger partial charge < -0.3 is 19.7 Å². The van der Waals surface area contributed by atoms with Crippen LogP contribution in [0.3, 0.4) is 0 Å². The third-order valence-electron chi connectivity index (χ3n) is 5.71. The summed E-state index contributed by atoms with van der Waals surface area (Å²) in [6, 6.07) is 11.5.